The molecule has 150 valence electrons. The molecule has 0 saturated carbocycles. The van der Waals surface area contributed by atoms with Crippen LogP contribution in [0.4, 0.5) is 10.5 Å². The van der Waals surface area contributed by atoms with E-state index in [1.165, 1.54) is 0 Å². The maximum absolute atomic E-state index is 12.4. The highest BCUT2D eigenvalue weighted by Crippen LogP contribution is 2.17. The number of nitrogens with zero attached hydrogens (tertiary/aromatic N) is 1. The van der Waals surface area contributed by atoms with Crippen molar-refractivity contribution < 1.29 is 13.2 Å². The Labute approximate surface area is 174 Å². The number of hydrogen-bond acceptors (Lipinski definition) is 4. The largest absolute Gasteiger partial charge is 0.334 e. The summed E-state index contributed by atoms with van der Waals surface area (Å²) in [5.41, 5.74) is 2.82. The normalized spacial score (nSPS) is 11.1. The molecule has 29 heavy (non-hydrogen) atoms. The van der Waals surface area contributed by atoms with Crippen molar-refractivity contribution in [3.63, 3.8) is 0 Å². The molecule has 1 aromatic heterocycles. The summed E-state index contributed by atoms with van der Waals surface area (Å²) in [4.78, 5) is 15.9. The van der Waals surface area contributed by atoms with Gasteiger partial charge in [-0.2, -0.15) is 0 Å². The number of pyridine rings is 1. The van der Waals surface area contributed by atoms with Crippen LogP contribution in [-0.2, 0) is 27.9 Å². The average Bonchev–Trinajstić information content (AvgIpc) is 2.68. The molecule has 2 N–H and O–H groups in total. The lowest BCUT2D eigenvalue weighted by atomic mass is 10.2. The van der Waals surface area contributed by atoms with Gasteiger partial charge in [-0.1, -0.05) is 35.9 Å². The highest BCUT2D eigenvalue weighted by Gasteiger charge is 2.14. The second kappa shape index (κ2) is 9.54. The Hall–Kier alpha value is -2.90. The van der Waals surface area contributed by atoms with Gasteiger partial charge in [-0.3, -0.25) is 4.98 Å². The van der Waals surface area contributed by atoms with Gasteiger partial charge in [0.05, 0.1) is 11.5 Å². The number of hydrogen-bond donors (Lipinski definition) is 2. The molecule has 0 aliphatic rings. The molecule has 0 aliphatic carbocycles. The Kier molecular flexibility index (Phi) is 6.85. The summed E-state index contributed by atoms with van der Waals surface area (Å²) >= 11 is 5.91. The maximum atomic E-state index is 12.4. The molecule has 0 aliphatic heterocycles. The molecule has 0 radical (unpaired) electrons. The predicted molar refractivity (Wildman–Crippen MR) is 114 cm³/mol. The van der Waals surface area contributed by atoms with E-state index in [0.717, 1.165) is 5.56 Å². The zero-order chi connectivity index (χ0) is 20.7. The monoisotopic (exact) mass is 429 g/mol. The summed E-state index contributed by atoms with van der Waals surface area (Å²) in [6.07, 6.45) is 3.32. The first-order valence-corrected chi connectivity index (χ1v) is 11.1. The fraction of sp³-hybridized carbons (Fsp3) is 0.143. The van der Waals surface area contributed by atoms with E-state index in [0.29, 0.717) is 28.4 Å². The highest BCUT2D eigenvalue weighted by atomic mass is 35.5. The van der Waals surface area contributed by atoms with Crippen molar-refractivity contribution >= 4 is 33.2 Å². The van der Waals surface area contributed by atoms with E-state index in [-0.39, 0.29) is 17.5 Å². The quantitative estimate of drug-likeness (QED) is 0.590. The van der Waals surface area contributed by atoms with Crippen molar-refractivity contribution in [2.45, 2.75) is 18.1 Å². The average molecular weight is 430 g/mol. The van der Waals surface area contributed by atoms with Crippen molar-refractivity contribution in [2.75, 3.05) is 5.32 Å². The topological polar surface area (TPSA) is 88.2 Å². The second-order valence-electron chi connectivity index (χ2n) is 6.52. The molecular weight excluding hydrogens is 410 g/mol. The number of urea groups is 1. The molecule has 2 amide bonds. The number of rotatable bonds is 7. The molecule has 8 heteroatoms. The molecule has 0 unspecified atom stereocenters. The lowest BCUT2D eigenvalue weighted by molar-refractivity contribution is 0.251. The molecule has 1 heterocycles. The van der Waals surface area contributed by atoms with E-state index in [1.54, 1.807) is 60.9 Å². The maximum Gasteiger partial charge on any atom is 0.319 e. The summed E-state index contributed by atoms with van der Waals surface area (Å²) in [7, 11) is -3.34. The molecule has 3 aromatic rings. The van der Waals surface area contributed by atoms with Crippen LogP contribution in [0, 0.1) is 0 Å². The number of halogens is 1. The smallest absolute Gasteiger partial charge is 0.319 e. The molecule has 0 spiro atoms. The van der Waals surface area contributed by atoms with Gasteiger partial charge in [0.1, 0.15) is 0 Å². The number of carbonyl (C=O) groups is 1. The van der Waals surface area contributed by atoms with E-state index < -0.39 is 9.84 Å². The molecule has 0 fully saturated rings. The third kappa shape index (κ3) is 6.89. The summed E-state index contributed by atoms with van der Waals surface area (Å²) < 4.78 is 24.9. The number of anilines is 1. The van der Waals surface area contributed by atoms with Crippen LogP contribution in [0.1, 0.15) is 16.7 Å². The van der Waals surface area contributed by atoms with Gasteiger partial charge < -0.3 is 10.6 Å². The van der Waals surface area contributed by atoms with Crippen LogP contribution in [0.25, 0.3) is 0 Å². The Morgan fingerprint density at radius 1 is 0.897 bits per heavy atom. The molecule has 0 bridgehead atoms. The number of aromatic nitrogens is 1. The van der Waals surface area contributed by atoms with Crippen molar-refractivity contribution in [2.24, 2.45) is 0 Å². The molecule has 3 rings (SSSR count). The first-order chi connectivity index (χ1) is 13.9. The summed E-state index contributed by atoms with van der Waals surface area (Å²) in [5.74, 6) is -0.168. The Bertz CT molecular complexity index is 1070. The minimum absolute atomic E-state index is 0.0784. The lowest BCUT2D eigenvalue weighted by Crippen LogP contribution is -2.28. The van der Waals surface area contributed by atoms with Gasteiger partial charge >= 0.3 is 6.03 Å². The van der Waals surface area contributed by atoms with Crippen molar-refractivity contribution in [1.82, 2.24) is 10.3 Å². The first kappa shape index (κ1) is 20.8. The van der Waals surface area contributed by atoms with Crippen molar-refractivity contribution in [3.05, 3.63) is 94.8 Å². The number of benzene rings is 2. The van der Waals surface area contributed by atoms with Gasteiger partial charge in [0.15, 0.2) is 9.84 Å². The van der Waals surface area contributed by atoms with Gasteiger partial charge in [0.25, 0.3) is 0 Å². The molecule has 6 nitrogen and oxygen atoms in total. The molecule has 0 saturated heterocycles. The van der Waals surface area contributed by atoms with E-state index >= 15 is 0 Å². The number of nitrogens with one attached hydrogen (secondary N) is 2. The van der Waals surface area contributed by atoms with Crippen LogP contribution in [0.5, 0.6) is 0 Å². The van der Waals surface area contributed by atoms with E-state index in [1.807, 2.05) is 12.1 Å². The highest BCUT2D eigenvalue weighted by molar-refractivity contribution is 7.89. The standard InChI is InChI=1S/C21H20ClN3O3S/c22-19-3-1-2-18(12-19)15-29(27,28)14-17-4-6-20(7-5-17)25-21(26)24-13-16-8-10-23-11-9-16/h1-12H,13-15H2,(H2,24,25,26). The fourth-order valence-electron chi connectivity index (χ4n) is 2.73. The van der Waals surface area contributed by atoms with Gasteiger partial charge in [0.2, 0.25) is 0 Å². The zero-order valence-corrected chi connectivity index (χ0v) is 17.1. The van der Waals surface area contributed by atoms with E-state index in [9.17, 15) is 13.2 Å². The third-order valence-electron chi connectivity index (χ3n) is 4.08. The Balaban J connectivity index is 1.53. The third-order valence-corrected chi connectivity index (χ3v) is 5.86. The van der Waals surface area contributed by atoms with Crippen LogP contribution in [0.15, 0.2) is 73.1 Å². The lowest BCUT2D eigenvalue weighted by Gasteiger charge is -2.09. The SMILES string of the molecule is O=C(NCc1ccncc1)Nc1ccc(CS(=O)(=O)Cc2cccc(Cl)c2)cc1. The Morgan fingerprint density at radius 2 is 1.59 bits per heavy atom. The number of carbonyl (C=O) groups excluding carboxylic acids is 1. The zero-order valence-electron chi connectivity index (χ0n) is 15.5. The van der Waals surface area contributed by atoms with Gasteiger partial charge in [-0.25, -0.2) is 13.2 Å². The predicted octanol–water partition coefficient (Wildman–Crippen LogP) is 4.17. The Morgan fingerprint density at radius 3 is 2.28 bits per heavy atom. The van der Waals surface area contributed by atoms with Crippen LogP contribution < -0.4 is 10.6 Å². The second-order valence-corrected chi connectivity index (χ2v) is 9.02. The summed E-state index contributed by atoms with van der Waals surface area (Å²) in [6.45, 7) is 0.383. The van der Waals surface area contributed by atoms with Gasteiger partial charge in [-0.15, -0.1) is 0 Å². The van der Waals surface area contributed by atoms with Gasteiger partial charge in [0, 0.05) is 29.6 Å². The summed E-state index contributed by atoms with van der Waals surface area (Å²) in [5, 5.41) is 5.98. The molecule has 0 atom stereocenters. The van der Waals surface area contributed by atoms with Crippen LogP contribution >= 0.6 is 11.6 Å². The van der Waals surface area contributed by atoms with E-state index in [2.05, 4.69) is 15.6 Å². The van der Waals surface area contributed by atoms with Crippen molar-refractivity contribution in [1.29, 1.82) is 0 Å². The minimum Gasteiger partial charge on any atom is -0.334 e. The molecular formula is C21H20ClN3O3S. The van der Waals surface area contributed by atoms with Crippen molar-refractivity contribution in [3.8, 4) is 0 Å². The number of amides is 2. The van der Waals surface area contributed by atoms with Gasteiger partial charge in [-0.05, 0) is 53.1 Å². The summed E-state index contributed by atoms with van der Waals surface area (Å²) in [6, 6.07) is 16.8. The molecule has 2 aromatic carbocycles. The fourth-order valence-corrected chi connectivity index (χ4v) is 4.43. The van der Waals surface area contributed by atoms with Crippen LogP contribution in [-0.4, -0.2) is 19.4 Å². The first-order valence-electron chi connectivity index (χ1n) is 8.87. The minimum atomic E-state index is -3.34. The van der Waals surface area contributed by atoms with E-state index in [4.69, 9.17) is 11.6 Å². The van der Waals surface area contributed by atoms with Crippen LogP contribution in [0.3, 0.4) is 0 Å². The van der Waals surface area contributed by atoms with Crippen LogP contribution in [0.2, 0.25) is 5.02 Å². The number of sulfone groups is 1.